The van der Waals surface area contributed by atoms with Crippen LogP contribution in [0, 0.1) is 10.1 Å². The molecule has 1 radical (unpaired) electrons. The summed E-state index contributed by atoms with van der Waals surface area (Å²) in [4.78, 5) is 8.00. The third-order valence-electron chi connectivity index (χ3n) is 0. The van der Waals surface area contributed by atoms with Crippen LogP contribution >= 0.6 is 0 Å². The van der Waals surface area contributed by atoms with Crippen LogP contribution in [0.3, 0.4) is 0 Å². The molecule has 0 rings (SSSR count). The SMILES string of the molecule is O=N[O-].[O-2].[Zr+3]. The van der Waals surface area contributed by atoms with Gasteiger partial charge < -0.3 is 15.6 Å². The molecule has 0 aliphatic heterocycles. The van der Waals surface area contributed by atoms with Gasteiger partial charge in [0.25, 0.3) is 0 Å². The maximum Gasteiger partial charge on any atom is 3.00 e. The molecule has 0 aromatic rings. The van der Waals surface area contributed by atoms with Gasteiger partial charge in [0.15, 0.2) is 0 Å². The molecule has 0 aromatic carbocycles. The van der Waals surface area contributed by atoms with Crippen molar-refractivity contribution >= 4 is 0 Å². The van der Waals surface area contributed by atoms with Crippen LogP contribution in [0.2, 0.25) is 0 Å². The molecule has 0 saturated heterocycles. The van der Waals surface area contributed by atoms with Crippen molar-refractivity contribution in [2.45, 2.75) is 0 Å². The van der Waals surface area contributed by atoms with Gasteiger partial charge in [-0.05, 0) is 0 Å². The second-order valence-electron chi connectivity index (χ2n) is 0.0745. The van der Waals surface area contributed by atoms with Crippen LogP contribution in [0.1, 0.15) is 0 Å². The Balaban J connectivity index is -0.0000000200. The van der Waals surface area contributed by atoms with Gasteiger partial charge in [-0.2, -0.15) is 0 Å². The largest absolute Gasteiger partial charge is 3.00 e. The van der Waals surface area contributed by atoms with Crippen LogP contribution in [0.4, 0.5) is 0 Å². The molecule has 0 aliphatic rings. The van der Waals surface area contributed by atoms with Crippen LogP contribution in [0.5, 0.6) is 0 Å². The third-order valence-corrected chi connectivity index (χ3v) is 0. The smallest absolute Gasteiger partial charge is 2.00 e. The van der Waals surface area contributed by atoms with E-state index in [1.54, 1.807) is 0 Å². The molecule has 27 valence electrons. The van der Waals surface area contributed by atoms with Crippen molar-refractivity contribution < 1.29 is 31.7 Å². The molecular weight excluding hydrogens is 153 g/mol. The fraction of sp³-hybridized carbons (Fsp3) is 0. The Morgan fingerprint density at radius 2 is 1.60 bits per heavy atom. The van der Waals surface area contributed by atoms with Crippen molar-refractivity contribution in [1.29, 1.82) is 0 Å². The van der Waals surface area contributed by atoms with E-state index in [0.29, 0.717) is 0 Å². The van der Waals surface area contributed by atoms with Gasteiger partial charge in [0.1, 0.15) is 0 Å². The van der Waals surface area contributed by atoms with E-state index >= 15 is 0 Å². The predicted octanol–water partition coefficient (Wildman–Crippen LogP) is 0.129. The Morgan fingerprint density at radius 3 is 1.60 bits per heavy atom. The summed E-state index contributed by atoms with van der Waals surface area (Å²) < 4.78 is 0. The zero-order valence-corrected chi connectivity index (χ0v) is 4.63. The molecular formula is NO3Zr. The molecule has 5 heavy (non-hydrogen) atoms. The molecule has 0 spiro atoms. The van der Waals surface area contributed by atoms with Crippen molar-refractivity contribution in [3.05, 3.63) is 10.1 Å². The van der Waals surface area contributed by atoms with E-state index in [9.17, 15) is 0 Å². The molecule has 0 aromatic heterocycles. The van der Waals surface area contributed by atoms with Crippen LogP contribution in [-0.2, 0) is 31.7 Å². The summed E-state index contributed by atoms with van der Waals surface area (Å²) in [6.07, 6.45) is 0. The maximum atomic E-state index is 8.00. The normalized spacial score (nSPS) is 2.40. The molecule has 4 nitrogen and oxygen atoms in total. The molecule has 0 saturated carbocycles. The molecule has 0 fully saturated rings. The standard InChI is InChI=1S/HNO2.O.Zr/c2-1-3;;/h(H,2,3);;/q;-2;+3/p-1. The van der Waals surface area contributed by atoms with Crippen molar-refractivity contribution in [3.8, 4) is 0 Å². The summed E-state index contributed by atoms with van der Waals surface area (Å²) in [6.45, 7) is 0. The van der Waals surface area contributed by atoms with Gasteiger partial charge in [-0.25, -0.2) is 0 Å². The summed E-state index contributed by atoms with van der Waals surface area (Å²) in [5.74, 6) is 0. The first-order chi connectivity index (χ1) is 1.41. The molecule has 0 aliphatic carbocycles. The summed E-state index contributed by atoms with van der Waals surface area (Å²) >= 11 is 0. The fourth-order valence-electron chi connectivity index (χ4n) is 0. The van der Waals surface area contributed by atoms with Gasteiger partial charge >= 0.3 is 26.2 Å². The van der Waals surface area contributed by atoms with Crippen molar-refractivity contribution in [3.63, 3.8) is 0 Å². The van der Waals surface area contributed by atoms with Gasteiger partial charge in [0.2, 0.25) is 0 Å². The summed E-state index contributed by atoms with van der Waals surface area (Å²) in [6, 6.07) is 0. The topological polar surface area (TPSA) is 81.0 Å². The number of hydrogen-bond donors (Lipinski definition) is 0. The van der Waals surface area contributed by atoms with Crippen molar-refractivity contribution in [2.24, 2.45) is 5.34 Å². The maximum absolute atomic E-state index is 8.00. The van der Waals surface area contributed by atoms with E-state index < -0.39 is 0 Å². The second kappa shape index (κ2) is 28.9. The predicted molar refractivity (Wildman–Crippen MR) is 9.85 cm³/mol. The Hall–Kier alpha value is 0.243. The summed E-state index contributed by atoms with van der Waals surface area (Å²) in [5.41, 5.74) is 0. The van der Waals surface area contributed by atoms with Crippen LogP contribution in [-0.4, -0.2) is 0 Å². The number of hydrogen-bond acceptors (Lipinski definition) is 3. The van der Waals surface area contributed by atoms with Crippen LogP contribution in [0.15, 0.2) is 5.34 Å². The van der Waals surface area contributed by atoms with Gasteiger partial charge in [0.05, 0.1) is 0 Å². The molecule has 0 N–H and O–H groups in total. The minimum atomic E-state index is 0. The first kappa shape index (κ1) is 18.8. The molecule has 0 atom stereocenters. The minimum absolute atomic E-state index is 0. The number of nitrogens with zero attached hydrogens (tertiary/aromatic N) is 1. The monoisotopic (exact) mass is 152 g/mol. The average molecular weight is 153 g/mol. The van der Waals surface area contributed by atoms with E-state index in [2.05, 4.69) is 0 Å². The Labute approximate surface area is 47.5 Å². The van der Waals surface area contributed by atoms with Crippen molar-refractivity contribution in [1.82, 2.24) is 0 Å². The van der Waals surface area contributed by atoms with E-state index in [1.165, 1.54) is 0 Å². The van der Waals surface area contributed by atoms with Crippen molar-refractivity contribution in [2.75, 3.05) is 0 Å². The molecule has 0 unspecified atom stereocenters. The Morgan fingerprint density at radius 1 is 1.60 bits per heavy atom. The van der Waals surface area contributed by atoms with E-state index in [0.717, 1.165) is 5.34 Å². The van der Waals surface area contributed by atoms with Gasteiger partial charge in [-0.1, -0.05) is 0 Å². The van der Waals surface area contributed by atoms with Gasteiger partial charge in [0, 0.05) is 0 Å². The van der Waals surface area contributed by atoms with E-state index in [4.69, 9.17) is 10.1 Å². The second-order valence-corrected chi connectivity index (χ2v) is 0.0745. The Bertz CT molecular complexity index is 14.4. The quantitative estimate of drug-likeness (QED) is 0.366. The van der Waals surface area contributed by atoms with Crippen LogP contribution < -0.4 is 0 Å². The third kappa shape index (κ3) is 361. The van der Waals surface area contributed by atoms with E-state index in [-0.39, 0.29) is 31.7 Å². The first-order valence-electron chi connectivity index (χ1n) is 0.365. The van der Waals surface area contributed by atoms with E-state index in [1.807, 2.05) is 0 Å². The first-order valence-corrected chi connectivity index (χ1v) is 0.365. The number of rotatable bonds is 0. The zero-order valence-electron chi connectivity index (χ0n) is 2.17. The average Bonchev–Trinajstić information content (AvgIpc) is 0.918. The minimum Gasteiger partial charge on any atom is -2.00 e. The fourth-order valence-corrected chi connectivity index (χ4v) is 0. The summed E-state index contributed by atoms with van der Waals surface area (Å²) in [5, 5.41) is 9.00. The Kier molecular flexibility index (Phi) is 108. The zero-order chi connectivity index (χ0) is 2.71. The molecule has 5 heteroatoms. The van der Waals surface area contributed by atoms with Gasteiger partial charge in [-0.3, -0.25) is 0 Å². The molecule has 0 heterocycles. The van der Waals surface area contributed by atoms with Crippen LogP contribution in [0.25, 0.3) is 0 Å². The van der Waals surface area contributed by atoms with Gasteiger partial charge in [-0.15, -0.1) is 5.34 Å². The summed E-state index contributed by atoms with van der Waals surface area (Å²) in [7, 11) is 0. The molecule has 0 amide bonds. The molecule has 0 bridgehead atoms.